The molecule has 10 nitrogen and oxygen atoms in total. The van der Waals surface area contributed by atoms with Gasteiger partial charge in [0, 0.05) is 18.0 Å². The van der Waals surface area contributed by atoms with E-state index in [9.17, 15) is 9.59 Å². The number of ether oxygens (including phenoxy) is 1. The van der Waals surface area contributed by atoms with Gasteiger partial charge in [0.2, 0.25) is 11.8 Å². The van der Waals surface area contributed by atoms with Crippen molar-refractivity contribution in [2.75, 3.05) is 5.32 Å². The van der Waals surface area contributed by atoms with Crippen molar-refractivity contribution in [1.82, 2.24) is 30.2 Å². The molecule has 0 aliphatic heterocycles. The van der Waals surface area contributed by atoms with E-state index in [0.717, 1.165) is 15.9 Å². The third kappa shape index (κ3) is 4.91. The Bertz CT molecular complexity index is 925. The fourth-order valence-electron chi connectivity index (χ4n) is 2.11. The average molecular weight is 367 g/mol. The Morgan fingerprint density at radius 3 is 2.59 bits per heavy atom. The van der Waals surface area contributed by atoms with Gasteiger partial charge in [-0.25, -0.2) is 14.8 Å². The minimum atomic E-state index is -1.03. The van der Waals surface area contributed by atoms with Crippen LogP contribution in [0.5, 0.6) is 0 Å². The molecule has 3 rings (SSSR count). The Balaban J connectivity index is 1.54. The molecule has 1 atom stereocenters. The first kappa shape index (κ1) is 18.1. The summed E-state index contributed by atoms with van der Waals surface area (Å²) in [5, 5.41) is 14.3. The molecule has 1 amide bonds. The molecule has 1 unspecified atom stereocenters. The first-order valence-electron chi connectivity index (χ1n) is 8.13. The highest BCUT2D eigenvalue weighted by Crippen LogP contribution is 2.13. The lowest BCUT2D eigenvalue weighted by atomic mass is 10.1. The van der Waals surface area contributed by atoms with Crippen molar-refractivity contribution in [2.45, 2.75) is 26.5 Å². The number of hydrogen-bond donors (Lipinski definition) is 1. The third-order valence-electron chi connectivity index (χ3n) is 3.51. The fraction of sp³-hybridized carbons (Fsp3) is 0.235. The Kier molecular flexibility index (Phi) is 5.45. The second kappa shape index (κ2) is 8.13. The predicted octanol–water partition coefficient (Wildman–Crippen LogP) is 1.01. The zero-order chi connectivity index (χ0) is 19.2. The number of carbonyl (C=O) groups excluding carboxylic acids is 2. The third-order valence-corrected chi connectivity index (χ3v) is 3.51. The van der Waals surface area contributed by atoms with Crippen LogP contribution in [0.25, 0.3) is 11.4 Å². The number of nitrogens with zero attached hydrogens (tertiary/aromatic N) is 6. The van der Waals surface area contributed by atoms with Crippen molar-refractivity contribution in [1.29, 1.82) is 0 Å². The monoisotopic (exact) mass is 367 g/mol. The summed E-state index contributed by atoms with van der Waals surface area (Å²) in [7, 11) is 0. The molecule has 138 valence electrons. The molecule has 27 heavy (non-hydrogen) atoms. The minimum Gasteiger partial charge on any atom is -0.451 e. The summed E-state index contributed by atoms with van der Waals surface area (Å²) in [4.78, 5) is 32.9. The summed E-state index contributed by atoms with van der Waals surface area (Å²) in [5.41, 5.74) is 1.90. The molecule has 0 saturated heterocycles. The molecule has 2 heterocycles. The molecular weight excluding hydrogens is 350 g/mol. The molecule has 10 heteroatoms. The van der Waals surface area contributed by atoms with Crippen LogP contribution in [0.4, 0.5) is 5.95 Å². The summed E-state index contributed by atoms with van der Waals surface area (Å²) >= 11 is 0. The zero-order valence-electron chi connectivity index (χ0n) is 14.7. The normalized spacial score (nSPS) is 11.6. The highest BCUT2D eigenvalue weighted by atomic mass is 16.5. The Morgan fingerprint density at radius 1 is 1.19 bits per heavy atom. The molecule has 1 aromatic carbocycles. The van der Waals surface area contributed by atoms with Crippen LogP contribution in [-0.2, 0) is 20.9 Å². The van der Waals surface area contributed by atoms with Gasteiger partial charge in [0.05, 0.1) is 0 Å². The smallest absolute Gasteiger partial charge is 0.330 e. The Hall–Kier alpha value is -3.69. The maximum atomic E-state index is 12.0. The van der Waals surface area contributed by atoms with Crippen LogP contribution in [0.1, 0.15) is 12.5 Å². The molecule has 0 aliphatic carbocycles. The van der Waals surface area contributed by atoms with Gasteiger partial charge < -0.3 is 4.74 Å². The summed E-state index contributed by atoms with van der Waals surface area (Å²) in [5.74, 6) is -0.679. The fourth-order valence-corrected chi connectivity index (χ4v) is 2.11. The van der Waals surface area contributed by atoms with Crippen LogP contribution in [0.3, 0.4) is 0 Å². The number of hydrogen-bond acceptors (Lipinski definition) is 8. The van der Waals surface area contributed by atoms with E-state index in [1.165, 1.54) is 19.3 Å². The Labute approximate surface area is 154 Å². The summed E-state index contributed by atoms with van der Waals surface area (Å²) < 4.78 is 5.08. The van der Waals surface area contributed by atoms with E-state index in [2.05, 4.69) is 30.7 Å². The summed E-state index contributed by atoms with van der Waals surface area (Å²) in [6, 6.07) is 9.22. The van der Waals surface area contributed by atoms with Gasteiger partial charge in [-0.2, -0.15) is 4.80 Å². The van der Waals surface area contributed by atoms with Crippen LogP contribution in [0.2, 0.25) is 0 Å². The molecule has 0 bridgehead atoms. The number of benzene rings is 1. The quantitative estimate of drug-likeness (QED) is 0.640. The maximum Gasteiger partial charge on any atom is 0.330 e. The van der Waals surface area contributed by atoms with E-state index in [1.807, 2.05) is 31.2 Å². The summed E-state index contributed by atoms with van der Waals surface area (Å²) in [6.45, 7) is 3.16. The molecule has 0 fully saturated rings. The van der Waals surface area contributed by atoms with E-state index in [1.54, 1.807) is 6.07 Å². The Morgan fingerprint density at radius 2 is 1.89 bits per heavy atom. The molecular formula is C17H17N7O3. The molecule has 2 aromatic heterocycles. The average Bonchev–Trinajstić information content (AvgIpc) is 3.11. The van der Waals surface area contributed by atoms with Crippen molar-refractivity contribution in [3.63, 3.8) is 0 Å². The summed E-state index contributed by atoms with van der Waals surface area (Å²) in [6.07, 6.45) is 1.95. The molecule has 0 saturated carbocycles. The first-order chi connectivity index (χ1) is 13.0. The van der Waals surface area contributed by atoms with Gasteiger partial charge in [0.25, 0.3) is 5.91 Å². The number of carbonyl (C=O) groups is 2. The van der Waals surface area contributed by atoms with Gasteiger partial charge in [0.1, 0.15) is 0 Å². The molecule has 0 spiro atoms. The number of aromatic nitrogens is 6. The van der Waals surface area contributed by atoms with Crippen molar-refractivity contribution < 1.29 is 14.3 Å². The van der Waals surface area contributed by atoms with Gasteiger partial charge >= 0.3 is 5.97 Å². The van der Waals surface area contributed by atoms with Gasteiger partial charge in [-0.1, -0.05) is 29.8 Å². The molecule has 1 N–H and O–H groups in total. The van der Waals surface area contributed by atoms with Crippen LogP contribution in [-0.4, -0.2) is 48.2 Å². The lowest BCUT2D eigenvalue weighted by molar-refractivity contribution is -0.154. The maximum absolute atomic E-state index is 12.0. The van der Waals surface area contributed by atoms with E-state index in [4.69, 9.17) is 4.74 Å². The SMILES string of the molecule is Cc1ccc(-c2nnn(CC(=O)OC(C)C(=O)Nc3ncccn3)n2)cc1. The highest BCUT2D eigenvalue weighted by Gasteiger charge is 2.20. The van der Waals surface area contributed by atoms with E-state index < -0.39 is 18.0 Å². The molecule has 0 aliphatic rings. The standard InChI is InChI=1S/C17H17N7O3/c1-11-4-6-13(7-5-11)15-21-23-24(22-15)10-14(25)27-12(2)16(26)20-17-18-8-3-9-19-17/h3-9,12H,10H2,1-2H3,(H,18,19,20,26). The number of aryl methyl sites for hydroxylation is 1. The van der Waals surface area contributed by atoms with Crippen LogP contribution in [0.15, 0.2) is 42.7 Å². The minimum absolute atomic E-state index is 0.131. The topological polar surface area (TPSA) is 125 Å². The zero-order valence-corrected chi connectivity index (χ0v) is 14.7. The highest BCUT2D eigenvalue weighted by molar-refractivity contribution is 5.93. The second-order valence-electron chi connectivity index (χ2n) is 5.70. The van der Waals surface area contributed by atoms with Crippen LogP contribution >= 0.6 is 0 Å². The van der Waals surface area contributed by atoms with Crippen LogP contribution < -0.4 is 5.32 Å². The van der Waals surface area contributed by atoms with Gasteiger partial charge in [-0.15, -0.1) is 10.2 Å². The number of tetrazole rings is 1. The van der Waals surface area contributed by atoms with Crippen molar-refractivity contribution >= 4 is 17.8 Å². The van der Waals surface area contributed by atoms with Crippen molar-refractivity contribution in [3.8, 4) is 11.4 Å². The lowest BCUT2D eigenvalue weighted by Crippen LogP contribution is -2.32. The van der Waals surface area contributed by atoms with Crippen LogP contribution in [0, 0.1) is 6.92 Å². The number of rotatable bonds is 6. The predicted molar refractivity (Wildman–Crippen MR) is 94.2 cm³/mol. The van der Waals surface area contributed by atoms with E-state index in [0.29, 0.717) is 5.82 Å². The first-order valence-corrected chi connectivity index (χ1v) is 8.13. The molecule has 0 radical (unpaired) electrons. The van der Waals surface area contributed by atoms with Crippen molar-refractivity contribution in [2.24, 2.45) is 0 Å². The lowest BCUT2D eigenvalue weighted by Gasteiger charge is -2.12. The number of anilines is 1. The number of esters is 1. The van der Waals surface area contributed by atoms with Gasteiger partial charge in [-0.3, -0.25) is 10.1 Å². The van der Waals surface area contributed by atoms with E-state index >= 15 is 0 Å². The largest absolute Gasteiger partial charge is 0.451 e. The van der Waals surface area contributed by atoms with Gasteiger partial charge in [0.15, 0.2) is 12.6 Å². The second-order valence-corrected chi connectivity index (χ2v) is 5.70. The van der Waals surface area contributed by atoms with E-state index in [-0.39, 0.29) is 12.5 Å². The number of amides is 1. The van der Waals surface area contributed by atoms with Gasteiger partial charge in [-0.05, 0) is 25.1 Å². The molecule has 3 aromatic rings. The number of nitrogens with one attached hydrogen (secondary N) is 1. The van der Waals surface area contributed by atoms with Crippen molar-refractivity contribution in [3.05, 3.63) is 48.3 Å².